The SMILES string of the molecule is CC(=O)N1CC[C@H](c2nnc3ccc(C(=O)N4CC[C@H](N(C)C)C4)cn23)C1. The number of amides is 2. The monoisotopic (exact) mass is 370 g/mol. The second kappa shape index (κ2) is 6.92. The Morgan fingerprint density at radius 3 is 2.52 bits per heavy atom. The van der Waals surface area contributed by atoms with E-state index in [-0.39, 0.29) is 17.7 Å². The molecule has 0 aromatic carbocycles. The molecule has 0 bridgehead atoms. The van der Waals surface area contributed by atoms with Crippen molar-refractivity contribution in [3.05, 3.63) is 29.7 Å². The van der Waals surface area contributed by atoms with Crippen molar-refractivity contribution >= 4 is 17.5 Å². The van der Waals surface area contributed by atoms with E-state index in [1.54, 1.807) is 6.92 Å². The zero-order chi connectivity index (χ0) is 19.1. The summed E-state index contributed by atoms with van der Waals surface area (Å²) < 4.78 is 1.92. The Kier molecular flexibility index (Phi) is 4.59. The van der Waals surface area contributed by atoms with E-state index >= 15 is 0 Å². The summed E-state index contributed by atoms with van der Waals surface area (Å²) in [6.07, 6.45) is 3.73. The predicted octanol–water partition coefficient (Wildman–Crippen LogP) is 0.841. The zero-order valence-corrected chi connectivity index (χ0v) is 16.1. The van der Waals surface area contributed by atoms with Gasteiger partial charge >= 0.3 is 0 Å². The van der Waals surface area contributed by atoms with Gasteiger partial charge in [0.1, 0.15) is 5.82 Å². The number of aromatic nitrogens is 3. The Morgan fingerprint density at radius 2 is 1.85 bits per heavy atom. The van der Waals surface area contributed by atoms with E-state index in [0.717, 1.165) is 43.9 Å². The molecule has 0 unspecified atom stereocenters. The van der Waals surface area contributed by atoms with Gasteiger partial charge in [-0.15, -0.1) is 10.2 Å². The van der Waals surface area contributed by atoms with Crippen LogP contribution in [0.5, 0.6) is 0 Å². The zero-order valence-electron chi connectivity index (χ0n) is 16.1. The number of rotatable bonds is 3. The first-order valence-electron chi connectivity index (χ1n) is 9.50. The lowest BCUT2D eigenvalue weighted by Gasteiger charge is -2.20. The van der Waals surface area contributed by atoms with Gasteiger partial charge in [-0.25, -0.2) is 0 Å². The van der Waals surface area contributed by atoms with Crippen molar-refractivity contribution in [2.75, 3.05) is 40.3 Å². The van der Waals surface area contributed by atoms with E-state index in [4.69, 9.17) is 0 Å². The van der Waals surface area contributed by atoms with Crippen molar-refractivity contribution in [3.63, 3.8) is 0 Å². The first-order chi connectivity index (χ1) is 12.9. The molecule has 8 nitrogen and oxygen atoms in total. The lowest BCUT2D eigenvalue weighted by molar-refractivity contribution is -0.127. The fourth-order valence-electron chi connectivity index (χ4n) is 4.10. The molecule has 4 heterocycles. The summed E-state index contributed by atoms with van der Waals surface area (Å²) in [4.78, 5) is 30.5. The van der Waals surface area contributed by atoms with E-state index in [1.807, 2.05) is 32.5 Å². The molecule has 27 heavy (non-hydrogen) atoms. The van der Waals surface area contributed by atoms with Gasteiger partial charge in [-0.05, 0) is 39.1 Å². The quantitative estimate of drug-likeness (QED) is 0.801. The molecular weight excluding hydrogens is 344 g/mol. The fourth-order valence-corrected chi connectivity index (χ4v) is 4.10. The van der Waals surface area contributed by atoms with Gasteiger partial charge in [-0.2, -0.15) is 0 Å². The van der Waals surface area contributed by atoms with Gasteiger partial charge in [0, 0.05) is 51.3 Å². The van der Waals surface area contributed by atoms with Crippen LogP contribution in [0, 0.1) is 0 Å². The van der Waals surface area contributed by atoms with E-state index in [2.05, 4.69) is 29.2 Å². The molecular formula is C19H26N6O2. The van der Waals surface area contributed by atoms with Crippen LogP contribution < -0.4 is 0 Å². The van der Waals surface area contributed by atoms with Gasteiger partial charge in [0.15, 0.2) is 5.65 Å². The van der Waals surface area contributed by atoms with Gasteiger partial charge < -0.3 is 14.7 Å². The molecule has 2 aliphatic heterocycles. The number of carbonyl (C=O) groups excluding carboxylic acids is 2. The molecule has 0 saturated carbocycles. The number of carbonyl (C=O) groups is 2. The van der Waals surface area contributed by atoms with E-state index in [9.17, 15) is 9.59 Å². The van der Waals surface area contributed by atoms with E-state index < -0.39 is 0 Å². The van der Waals surface area contributed by atoms with Crippen LogP contribution in [0.1, 0.15) is 41.9 Å². The lowest BCUT2D eigenvalue weighted by Crippen LogP contribution is -2.34. The number of nitrogens with zero attached hydrogens (tertiary/aromatic N) is 6. The first-order valence-corrected chi connectivity index (χ1v) is 9.50. The third kappa shape index (κ3) is 3.29. The Hall–Kier alpha value is -2.48. The Morgan fingerprint density at radius 1 is 1.07 bits per heavy atom. The molecule has 8 heteroatoms. The minimum atomic E-state index is 0.0534. The number of fused-ring (bicyclic) bond motifs is 1. The molecule has 2 saturated heterocycles. The van der Waals surface area contributed by atoms with Crippen molar-refractivity contribution in [2.24, 2.45) is 0 Å². The second-order valence-electron chi connectivity index (χ2n) is 7.81. The molecule has 2 aromatic rings. The largest absolute Gasteiger partial charge is 0.342 e. The molecule has 0 N–H and O–H groups in total. The van der Waals surface area contributed by atoms with E-state index in [0.29, 0.717) is 18.2 Å². The normalized spacial score (nSPS) is 23.0. The van der Waals surface area contributed by atoms with Crippen molar-refractivity contribution in [2.45, 2.75) is 31.7 Å². The summed E-state index contributed by atoms with van der Waals surface area (Å²) >= 11 is 0. The average Bonchev–Trinajstić information content (AvgIpc) is 3.38. The van der Waals surface area contributed by atoms with Gasteiger partial charge in [0.25, 0.3) is 5.91 Å². The van der Waals surface area contributed by atoms with Crippen LogP contribution in [-0.2, 0) is 4.79 Å². The summed E-state index contributed by atoms with van der Waals surface area (Å²) in [5.41, 5.74) is 1.39. The van der Waals surface area contributed by atoms with E-state index in [1.165, 1.54) is 0 Å². The summed E-state index contributed by atoms with van der Waals surface area (Å²) in [5.74, 6) is 1.12. The molecule has 0 aliphatic carbocycles. The Balaban J connectivity index is 1.57. The summed E-state index contributed by atoms with van der Waals surface area (Å²) in [7, 11) is 4.11. The van der Waals surface area contributed by atoms with Crippen LogP contribution in [0.4, 0.5) is 0 Å². The van der Waals surface area contributed by atoms with Gasteiger partial charge in [0.05, 0.1) is 5.56 Å². The molecule has 2 atom stereocenters. The predicted molar refractivity (Wildman–Crippen MR) is 101 cm³/mol. The van der Waals surface area contributed by atoms with Crippen LogP contribution >= 0.6 is 0 Å². The lowest BCUT2D eigenvalue weighted by atomic mass is 10.1. The molecule has 0 spiro atoms. The molecule has 2 aliphatic rings. The summed E-state index contributed by atoms with van der Waals surface area (Å²) in [6.45, 7) is 4.54. The molecule has 2 aromatic heterocycles. The maximum absolute atomic E-state index is 13.0. The third-order valence-electron chi connectivity index (χ3n) is 5.86. The Bertz CT molecular complexity index is 876. The molecule has 2 amide bonds. The maximum atomic E-state index is 13.0. The van der Waals surface area contributed by atoms with Gasteiger partial charge in [0.2, 0.25) is 5.91 Å². The van der Waals surface area contributed by atoms with Crippen molar-refractivity contribution < 1.29 is 9.59 Å². The highest BCUT2D eigenvalue weighted by Crippen LogP contribution is 2.27. The highest BCUT2D eigenvalue weighted by Gasteiger charge is 2.30. The number of hydrogen-bond donors (Lipinski definition) is 0. The number of pyridine rings is 1. The number of likely N-dealkylation sites (tertiary alicyclic amines) is 2. The van der Waals surface area contributed by atoms with Crippen LogP contribution in [0.25, 0.3) is 5.65 Å². The minimum Gasteiger partial charge on any atom is -0.342 e. The topological polar surface area (TPSA) is 74.0 Å². The molecule has 0 radical (unpaired) electrons. The first kappa shape index (κ1) is 17.9. The third-order valence-corrected chi connectivity index (χ3v) is 5.86. The summed E-state index contributed by atoms with van der Waals surface area (Å²) in [5, 5.41) is 8.59. The van der Waals surface area contributed by atoms with Crippen molar-refractivity contribution in [1.29, 1.82) is 0 Å². The molecule has 144 valence electrons. The van der Waals surface area contributed by atoms with Crippen LogP contribution in [0.3, 0.4) is 0 Å². The molecule has 2 fully saturated rings. The van der Waals surface area contributed by atoms with Crippen LogP contribution in [-0.4, -0.2) is 87.4 Å². The smallest absolute Gasteiger partial charge is 0.255 e. The molecule has 4 rings (SSSR count). The summed E-state index contributed by atoms with van der Waals surface area (Å²) in [6, 6.07) is 4.09. The van der Waals surface area contributed by atoms with Gasteiger partial charge in [-0.1, -0.05) is 0 Å². The number of hydrogen-bond acceptors (Lipinski definition) is 5. The van der Waals surface area contributed by atoms with Crippen molar-refractivity contribution in [3.8, 4) is 0 Å². The minimum absolute atomic E-state index is 0.0534. The van der Waals surface area contributed by atoms with Crippen molar-refractivity contribution in [1.82, 2.24) is 29.3 Å². The highest BCUT2D eigenvalue weighted by molar-refractivity contribution is 5.94. The van der Waals surface area contributed by atoms with Crippen LogP contribution in [0.15, 0.2) is 18.3 Å². The highest BCUT2D eigenvalue weighted by atomic mass is 16.2. The average molecular weight is 370 g/mol. The van der Waals surface area contributed by atoms with Crippen LogP contribution in [0.2, 0.25) is 0 Å². The Labute approximate surface area is 158 Å². The standard InChI is InChI=1S/C19H26N6O2/c1-13(26)23-8-6-14(10-23)18-21-20-17-5-4-15(11-25(17)18)19(27)24-9-7-16(12-24)22(2)3/h4-5,11,14,16H,6-10,12H2,1-3H3/t14-,16-/m0/s1. The fraction of sp³-hybridized carbons (Fsp3) is 0.579. The number of likely N-dealkylation sites (N-methyl/N-ethyl adjacent to an activating group) is 1. The maximum Gasteiger partial charge on any atom is 0.255 e. The van der Waals surface area contributed by atoms with Gasteiger partial charge in [-0.3, -0.25) is 14.0 Å². The second-order valence-corrected chi connectivity index (χ2v) is 7.81.